The summed E-state index contributed by atoms with van der Waals surface area (Å²) in [6.07, 6.45) is -4.74. The first-order chi connectivity index (χ1) is 14.3. The van der Waals surface area contributed by atoms with Gasteiger partial charge in [0.1, 0.15) is 0 Å². The first-order valence-electron chi connectivity index (χ1n) is 8.96. The van der Waals surface area contributed by atoms with E-state index in [-0.39, 0.29) is 12.0 Å². The zero-order valence-electron chi connectivity index (χ0n) is 15.9. The van der Waals surface area contributed by atoms with E-state index in [1.807, 2.05) is 29.6 Å². The van der Waals surface area contributed by atoms with Crippen LogP contribution in [0.3, 0.4) is 0 Å². The average Bonchev–Trinajstić information content (AvgIpc) is 3.26. The van der Waals surface area contributed by atoms with Crippen molar-refractivity contribution < 1.29 is 27.5 Å². The summed E-state index contributed by atoms with van der Waals surface area (Å²) in [5.41, 5.74) is 1.01. The van der Waals surface area contributed by atoms with Gasteiger partial charge in [-0.2, -0.15) is 13.2 Å². The van der Waals surface area contributed by atoms with Gasteiger partial charge < -0.3 is 10.1 Å². The van der Waals surface area contributed by atoms with Gasteiger partial charge in [-0.25, -0.2) is 0 Å². The number of alkyl halides is 3. The Hall–Kier alpha value is -3.13. The zero-order chi connectivity index (χ0) is 21.7. The van der Waals surface area contributed by atoms with Crippen molar-refractivity contribution in [1.82, 2.24) is 0 Å². The van der Waals surface area contributed by atoms with Gasteiger partial charge in [-0.15, -0.1) is 11.3 Å². The van der Waals surface area contributed by atoms with Crippen LogP contribution in [0, 0.1) is 0 Å². The molecule has 0 fully saturated rings. The Labute approximate surface area is 175 Å². The van der Waals surface area contributed by atoms with Gasteiger partial charge in [-0.05, 0) is 46.8 Å². The molecule has 0 radical (unpaired) electrons. The monoisotopic (exact) mass is 433 g/mol. The van der Waals surface area contributed by atoms with Gasteiger partial charge in [0.2, 0.25) is 5.91 Å². The van der Waals surface area contributed by atoms with Crippen LogP contribution in [0.1, 0.15) is 23.5 Å². The summed E-state index contributed by atoms with van der Waals surface area (Å²) in [6, 6.07) is 15.3. The molecular weight excluding hydrogens is 415 g/mol. The van der Waals surface area contributed by atoms with Gasteiger partial charge in [-0.1, -0.05) is 30.3 Å². The molecular formula is C22H18F3NO3S. The Morgan fingerprint density at radius 3 is 2.23 bits per heavy atom. The highest BCUT2D eigenvalue weighted by molar-refractivity contribution is 7.13. The van der Waals surface area contributed by atoms with E-state index < -0.39 is 29.5 Å². The average molecular weight is 433 g/mol. The molecule has 1 atom stereocenters. The molecule has 2 aromatic carbocycles. The highest BCUT2D eigenvalue weighted by Gasteiger charge is 2.31. The molecule has 1 N–H and O–H groups in total. The number of hydrogen-bond donors (Lipinski definition) is 1. The quantitative estimate of drug-likeness (QED) is 0.506. The summed E-state index contributed by atoms with van der Waals surface area (Å²) in [5, 5.41) is 4.68. The van der Waals surface area contributed by atoms with Crippen LogP contribution in [0.15, 0.2) is 66.0 Å². The molecule has 0 aliphatic heterocycles. The van der Waals surface area contributed by atoms with Crippen LogP contribution in [0.2, 0.25) is 0 Å². The standard InChI is InChI=1S/C22H18F3NO3S/c1-29-21(28)18(14-4-8-16(9-5-14)22(23,24)25)13-20(27)26-17-10-6-15(7-11-17)19-3-2-12-30-19/h2-12,18H,13H2,1H3,(H,26,27). The van der Waals surface area contributed by atoms with Crippen molar-refractivity contribution in [2.45, 2.75) is 18.5 Å². The molecule has 1 amide bonds. The molecule has 3 aromatic rings. The minimum Gasteiger partial charge on any atom is -0.469 e. The topological polar surface area (TPSA) is 55.4 Å². The van der Waals surface area contributed by atoms with Gasteiger partial charge in [0.25, 0.3) is 0 Å². The fourth-order valence-corrected chi connectivity index (χ4v) is 3.68. The number of esters is 1. The van der Waals surface area contributed by atoms with Crippen molar-refractivity contribution in [3.05, 3.63) is 77.2 Å². The Balaban J connectivity index is 1.70. The maximum Gasteiger partial charge on any atom is 0.416 e. The van der Waals surface area contributed by atoms with E-state index in [1.165, 1.54) is 19.2 Å². The zero-order valence-corrected chi connectivity index (χ0v) is 16.7. The summed E-state index contributed by atoms with van der Waals surface area (Å²) in [5.74, 6) is -2.16. The van der Waals surface area contributed by atoms with E-state index in [1.54, 1.807) is 23.5 Å². The number of benzene rings is 2. The Morgan fingerprint density at radius 2 is 1.70 bits per heavy atom. The molecule has 3 rings (SSSR count). The number of carbonyl (C=O) groups is 2. The second kappa shape index (κ2) is 9.13. The van der Waals surface area contributed by atoms with Crippen LogP contribution in [-0.2, 0) is 20.5 Å². The van der Waals surface area contributed by atoms with Gasteiger partial charge >= 0.3 is 12.1 Å². The SMILES string of the molecule is COC(=O)C(CC(=O)Nc1ccc(-c2cccs2)cc1)c1ccc(C(F)(F)F)cc1. The molecule has 156 valence electrons. The van der Waals surface area contributed by atoms with E-state index in [2.05, 4.69) is 5.32 Å². The van der Waals surface area contributed by atoms with E-state index in [9.17, 15) is 22.8 Å². The maximum atomic E-state index is 12.8. The smallest absolute Gasteiger partial charge is 0.416 e. The predicted molar refractivity (Wildman–Crippen MR) is 109 cm³/mol. The molecule has 0 aliphatic carbocycles. The third kappa shape index (κ3) is 5.27. The number of amides is 1. The lowest BCUT2D eigenvalue weighted by Crippen LogP contribution is -2.22. The number of nitrogens with one attached hydrogen (secondary N) is 1. The van der Waals surface area contributed by atoms with Gasteiger partial charge in [0.05, 0.1) is 18.6 Å². The highest BCUT2D eigenvalue weighted by atomic mass is 32.1. The molecule has 1 aromatic heterocycles. The van der Waals surface area contributed by atoms with Crippen LogP contribution in [0.4, 0.5) is 18.9 Å². The molecule has 1 unspecified atom stereocenters. The van der Waals surface area contributed by atoms with E-state index in [0.717, 1.165) is 22.6 Å². The minimum atomic E-state index is -4.48. The second-order valence-corrected chi connectivity index (χ2v) is 7.45. The Morgan fingerprint density at radius 1 is 1.03 bits per heavy atom. The normalized spacial score (nSPS) is 12.3. The van der Waals surface area contributed by atoms with Crippen LogP contribution in [-0.4, -0.2) is 19.0 Å². The molecule has 4 nitrogen and oxygen atoms in total. The first-order valence-corrected chi connectivity index (χ1v) is 9.84. The molecule has 8 heteroatoms. The molecule has 0 saturated heterocycles. The van der Waals surface area contributed by atoms with Crippen molar-refractivity contribution in [3.63, 3.8) is 0 Å². The van der Waals surface area contributed by atoms with Crippen molar-refractivity contribution in [2.75, 3.05) is 12.4 Å². The first kappa shape index (κ1) is 21.6. The molecule has 30 heavy (non-hydrogen) atoms. The molecule has 1 heterocycles. The Kier molecular flexibility index (Phi) is 6.56. The third-order valence-electron chi connectivity index (χ3n) is 4.49. The summed E-state index contributed by atoms with van der Waals surface area (Å²) in [4.78, 5) is 25.7. The highest BCUT2D eigenvalue weighted by Crippen LogP contribution is 2.31. The van der Waals surface area contributed by atoms with Gasteiger partial charge in [0, 0.05) is 17.0 Å². The Bertz CT molecular complexity index is 998. The number of ether oxygens (including phenoxy) is 1. The number of hydrogen-bond acceptors (Lipinski definition) is 4. The van der Waals surface area contributed by atoms with Gasteiger partial charge in [-0.3, -0.25) is 9.59 Å². The lowest BCUT2D eigenvalue weighted by molar-refractivity contribution is -0.143. The molecule has 0 saturated carbocycles. The second-order valence-electron chi connectivity index (χ2n) is 6.50. The van der Waals surface area contributed by atoms with Crippen LogP contribution < -0.4 is 5.32 Å². The van der Waals surface area contributed by atoms with Crippen molar-refractivity contribution >= 4 is 28.9 Å². The fourth-order valence-electron chi connectivity index (χ4n) is 2.94. The number of rotatable bonds is 6. The number of thiophene rings is 1. The van der Waals surface area contributed by atoms with E-state index in [4.69, 9.17) is 4.74 Å². The van der Waals surface area contributed by atoms with Crippen molar-refractivity contribution in [2.24, 2.45) is 0 Å². The number of methoxy groups -OCH3 is 1. The number of anilines is 1. The molecule has 0 aliphatic rings. The summed E-state index contributed by atoms with van der Waals surface area (Å²) in [7, 11) is 1.17. The van der Waals surface area contributed by atoms with Gasteiger partial charge in [0.15, 0.2) is 0 Å². The number of carbonyl (C=O) groups excluding carboxylic acids is 2. The lowest BCUT2D eigenvalue weighted by Gasteiger charge is -2.16. The molecule has 0 bridgehead atoms. The fraction of sp³-hybridized carbons (Fsp3) is 0.182. The largest absolute Gasteiger partial charge is 0.469 e. The predicted octanol–water partition coefficient (Wildman–Crippen LogP) is 5.72. The molecule has 0 spiro atoms. The lowest BCUT2D eigenvalue weighted by atomic mass is 9.94. The van der Waals surface area contributed by atoms with Crippen LogP contribution in [0.25, 0.3) is 10.4 Å². The van der Waals surface area contributed by atoms with Crippen molar-refractivity contribution in [3.8, 4) is 10.4 Å². The summed E-state index contributed by atoms with van der Waals surface area (Å²) >= 11 is 1.60. The number of halogens is 3. The van der Waals surface area contributed by atoms with Crippen molar-refractivity contribution in [1.29, 1.82) is 0 Å². The maximum absolute atomic E-state index is 12.8. The van der Waals surface area contributed by atoms with Crippen LogP contribution >= 0.6 is 11.3 Å². The third-order valence-corrected chi connectivity index (χ3v) is 5.41. The summed E-state index contributed by atoms with van der Waals surface area (Å²) in [6.45, 7) is 0. The van der Waals surface area contributed by atoms with Crippen LogP contribution in [0.5, 0.6) is 0 Å². The van der Waals surface area contributed by atoms with E-state index in [0.29, 0.717) is 5.69 Å². The van der Waals surface area contributed by atoms with E-state index >= 15 is 0 Å². The summed E-state index contributed by atoms with van der Waals surface area (Å²) < 4.78 is 43.0. The minimum absolute atomic E-state index is 0.259.